The molecule has 0 aliphatic rings. The van der Waals surface area contributed by atoms with E-state index in [4.69, 9.17) is 15.6 Å². The number of carbonyl (C=O) groups is 2. The zero-order valence-corrected chi connectivity index (χ0v) is 9.87. The van der Waals surface area contributed by atoms with Crippen molar-refractivity contribution in [3.05, 3.63) is 59.7 Å². The SMILES string of the molecule is NC(=O)c1ccc(Oc2cccc(C(=O)O)c2)cc1. The first-order chi connectivity index (χ1) is 9.06. The second kappa shape index (κ2) is 5.22. The summed E-state index contributed by atoms with van der Waals surface area (Å²) in [6.45, 7) is 0. The predicted molar refractivity (Wildman–Crippen MR) is 68.4 cm³/mol. The van der Waals surface area contributed by atoms with Crippen molar-refractivity contribution in [1.29, 1.82) is 0 Å². The molecule has 1 amide bonds. The molecule has 0 aromatic heterocycles. The van der Waals surface area contributed by atoms with Crippen LogP contribution in [0.15, 0.2) is 48.5 Å². The van der Waals surface area contributed by atoms with Gasteiger partial charge in [0.2, 0.25) is 5.91 Å². The van der Waals surface area contributed by atoms with Gasteiger partial charge in [-0.2, -0.15) is 0 Å². The highest BCUT2D eigenvalue weighted by molar-refractivity contribution is 5.92. The molecular formula is C14H11NO4. The van der Waals surface area contributed by atoms with Gasteiger partial charge in [-0.1, -0.05) is 6.07 Å². The summed E-state index contributed by atoms with van der Waals surface area (Å²) in [5.41, 5.74) is 5.65. The van der Waals surface area contributed by atoms with E-state index < -0.39 is 11.9 Å². The zero-order valence-electron chi connectivity index (χ0n) is 9.87. The molecule has 19 heavy (non-hydrogen) atoms. The summed E-state index contributed by atoms with van der Waals surface area (Å²) in [6, 6.07) is 12.4. The minimum atomic E-state index is -1.02. The molecular weight excluding hydrogens is 246 g/mol. The Kier molecular flexibility index (Phi) is 3.47. The van der Waals surface area contributed by atoms with E-state index in [0.717, 1.165) is 0 Å². The number of amides is 1. The Morgan fingerprint density at radius 2 is 1.63 bits per heavy atom. The molecule has 0 saturated carbocycles. The van der Waals surface area contributed by atoms with Gasteiger partial charge in [-0.15, -0.1) is 0 Å². The van der Waals surface area contributed by atoms with E-state index in [-0.39, 0.29) is 5.56 Å². The summed E-state index contributed by atoms with van der Waals surface area (Å²) in [5, 5.41) is 8.87. The molecule has 0 aliphatic heterocycles. The van der Waals surface area contributed by atoms with Crippen LogP contribution in [0, 0.1) is 0 Å². The highest BCUT2D eigenvalue weighted by Crippen LogP contribution is 2.22. The number of benzene rings is 2. The van der Waals surface area contributed by atoms with Gasteiger partial charge in [0.05, 0.1) is 5.56 Å². The molecule has 3 N–H and O–H groups in total. The number of nitrogens with two attached hydrogens (primary N) is 1. The molecule has 0 spiro atoms. The van der Waals surface area contributed by atoms with Crippen LogP contribution in [0.2, 0.25) is 0 Å². The van der Waals surface area contributed by atoms with Gasteiger partial charge in [-0.05, 0) is 42.5 Å². The van der Waals surface area contributed by atoms with Gasteiger partial charge in [0.1, 0.15) is 11.5 Å². The fraction of sp³-hybridized carbons (Fsp3) is 0. The maximum atomic E-state index is 10.9. The van der Waals surface area contributed by atoms with Crippen LogP contribution >= 0.6 is 0 Å². The number of carbonyl (C=O) groups excluding carboxylic acids is 1. The summed E-state index contributed by atoms with van der Waals surface area (Å²) in [6.07, 6.45) is 0. The van der Waals surface area contributed by atoms with Gasteiger partial charge in [0.25, 0.3) is 0 Å². The second-order valence-electron chi connectivity index (χ2n) is 3.82. The number of ether oxygens (including phenoxy) is 1. The Morgan fingerprint density at radius 3 is 2.21 bits per heavy atom. The molecule has 2 aromatic carbocycles. The number of rotatable bonds is 4. The minimum absolute atomic E-state index is 0.145. The third-order valence-corrected chi connectivity index (χ3v) is 2.46. The Balaban J connectivity index is 2.19. The molecule has 2 rings (SSSR count). The van der Waals surface area contributed by atoms with Crippen molar-refractivity contribution < 1.29 is 19.4 Å². The highest BCUT2D eigenvalue weighted by Gasteiger charge is 2.05. The van der Waals surface area contributed by atoms with Crippen LogP contribution in [0.5, 0.6) is 11.5 Å². The van der Waals surface area contributed by atoms with Crippen molar-refractivity contribution in [3.63, 3.8) is 0 Å². The van der Waals surface area contributed by atoms with E-state index in [9.17, 15) is 9.59 Å². The molecule has 0 heterocycles. The lowest BCUT2D eigenvalue weighted by molar-refractivity contribution is 0.0696. The number of hydrogen-bond donors (Lipinski definition) is 2. The average Bonchev–Trinajstić information content (AvgIpc) is 2.39. The van der Waals surface area contributed by atoms with Crippen molar-refractivity contribution in [2.24, 2.45) is 5.73 Å². The number of primary amides is 1. The van der Waals surface area contributed by atoms with Crippen LogP contribution in [0.25, 0.3) is 0 Å². The van der Waals surface area contributed by atoms with Crippen LogP contribution < -0.4 is 10.5 Å². The maximum Gasteiger partial charge on any atom is 0.335 e. The number of aromatic carboxylic acids is 1. The molecule has 96 valence electrons. The monoisotopic (exact) mass is 257 g/mol. The topological polar surface area (TPSA) is 89.6 Å². The second-order valence-corrected chi connectivity index (χ2v) is 3.82. The molecule has 0 radical (unpaired) electrons. The fourth-order valence-electron chi connectivity index (χ4n) is 1.52. The van der Waals surface area contributed by atoms with E-state index in [0.29, 0.717) is 17.1 Å². The van der Waals surface area contributed by atoms with Crippen molar-refractivity contribution in [2.45, 2.75) is 0 Å². The number of carboxylic acid groups (broad SMARTS) is 1. The molecule has 0 atom stereocenters. The number of hydrogen-bond acceptors (Lipinski definition) is 3. The molecule has 0 fully saturated rings. The van der Waals surface area contributed by atoms with Gasteiger partial charge in [0.15, 0.2) is 0 Å². The zero-order chi connectivity index (χ0) is 13.8. The normalized spacial score (nSPS) is 9.89. The Hall–Kier alpha value is -2.82. The van der Waals surface area contributed by atoms with Crippen molar-refractivity contribution in [1.82, 2.24) is 0 Å². The first-order valence-electron chi connectivity index (χ1n) is 5.47. The van der Waals surface area contributed by atoms with Gasteiger partial charge >= 0.3 is 5.97 Å². The molecule has 2 aromatic rings. The summed E-state index contributed by atoms with van der Waals surface area (Å²) in [7, 11) is 0. The molecule has 5 nitrogen and oxygen atoms in total. The molecule has 0 bridgehead atoms. The van der Waals surface area contributed by atoms with Crippen molar-refractivity contribution in [3.8, 4) is 11.5 Å². The van der Waals surface area contributed by atoms with Crippen LogP contribution in [0.1, 0.15) is 20.7 Å². The van der Waals surface area contributed by atoms with E-state index in [2.05, 4.69) is 0 Å². The van der Waals surface area contributed by atoms with Crippen molar-refractivity contribution in [2.75, 3.05) is 0 Å². The first kappa shape index (κ1) is 12.6. The molecule has 5 heteroatoms. The standard InChI is InChI=1S/C14H11NO4/c15-13(16)9-4-6-11(7-5-9)19-12-3-1-2-10(8-12)14(17)18/h1-8H,(H2,15,16)(H,17,18). The Labute approximate surface area is 109 Å². The summed E-state index contributed by atoms with van der Waals surface area (Å²) >= 11 is 0. The summed E-state index contributed by atoms with van der Waals surface area (Å²) in [4.78, 5) is 21.7. The lowest BCUT2D eigenvalue weighted by atomic mass is 10.2. The van der Waals surface area contributed by atoms with E-state index in [1.165, 1.54) is 12.1 Å². The molecule has 0 unspecified atom stereocenters. The van der Waals surface area contributed by atoms with E-state index >= 15 is 0 Å². The highest BCUT2D eigenvalue weighted by atomic mass is 16.5. The van der Waals surface area contributed by atoms with Gasteiger partial charge < -0.3 is 15.6 Å². The lowest BCUT2D eigenvalue weighted by Gasteiger charge is -2.06. The predicted octanol–water partition coefficient (Wildman–Crippen LogP) is 2.28. The fourth-order valence-corrected chi connectivity index (χ4v) is 1.52. The maximum absolute atomic E-state index is 10.9. The summed E-state index contributed by atoms with van der Waals surface area (Å²) in [5.74, 6) is -0.631. The van der Waals surface area contributed by atoms with Gasteiger partial charge in [-0.3, -0.25) is 4.79 Å². The van der Waals surface area contributed by atoms with Crippen molar-refractivity contribution >= 4 is 11.9 Å². The third-order valence-electron chi connectivity index (χ3n) is 2.46. The van der Waals surface area contributed by atoms with E-state index in [1.54, 1.807) is 36.4 Å². The first-order valence-corrected chi connectivity index (χ1v) is 5.47. The smallest absolute Gasteiger partial charge is 0.335 e. The van der Waals surface area contributed by atoms with Crippen LogP contribution in [-0.4, -0.2) is 17.0 Å². The Bertz CT molecular complexity index is 620. The van der Waals surface area contributed by atoms with Crippen LogP contribution in [-0.2, 0) is 0 Å². The quantitative estimate of drug-likeness (QED) is 0.879. The average molecular weight is 257 g/mol. The van der Waals surface area contributed by atoms with Gasteiger partial charge in [0, 0.05) is 5.56 Å². The largest absolute Gasteiger partial charge is 0.478 e. The summed E-state index contributed by atoms with van der Waals surface area (Å²) < 4.78 is 5.49. The third kappa shape index (κ3) is 3.10. The van der Waals surface area contributed by atoms with Crippen LogP contribution in [0.4, 0.5) is 0 Å². The lowest BCUT2D eigenvalue weighted by Crippen LogP contribution is -2.10. The van der Waals surface area contributed by atoms with Crippen LogP contribution in [0.3, 0.4) is 0 Å². The molecule has 0 saturated heterocycles. The Morgan fingerprint density at radius 1 is 0.947 bits per heavy atom. The van der Waals surface area contributed by atoms with Gasteiger partial charge in [-0.25, -0.2) is 4.79 Å². The molecule has 0 aliphatic carbocycles. The minimum Gasteiger partial charge on any atom is -0.478 e. The van der Waals surface area contributed by atoms with E-state index in [1.807, 2.05) is 0 Å². The number of carboxylic acids is 1.